The lowest BCUT2D eigenvalue weighted by molar-refractivity contribution is -0.00391. The van der Waals surface area contributed by atoms with Crippen LogP contribution in [0.15, 0.2) is 30.3 Å². The van der Waals surface area contributed by atoms with Crippen molar-refractivity contribution < 1.29 is 0 Å². The molecule has 0 aliphatic heterocycles. The molecule has 1 aromatic carbocycles. The minimum atomic E-state index is 0.834. The molecule has 6 rings (SSSR count). The van der Waals surface area contributed by atoms with Crippen LogP contribution in [0.3, 0.4) is 0 Å². The lowest BCUT2D eigenvalue weighted by atomic mass is 9.51. The molecule has 0 radical (unpaired) electrons. The van der Waals surface area contributed by atoms with Gasteiger partial charge in [-0.05, 0) is 73.3 Å². The molecular formula is C18H21N. The van der Waals surface area contributed by atoms with E-state index in [9.17, 15) is 0 Å². The van der Waals surface area contributed by atoms with Crippen molar-refractivity contribution in [1.29, 1.82) is 0 Å². The number of hydrogen-bond donors (Lipinski definition) is 1. The number of H-pyrrole nitrogens is 1. The third-order valence-corrected chi connectivity index (χ3v) is 6.14. The van der Waals surface area contributed by atoms with E-state index in [1.54, 1.807) is 6.42 Å². The molecule has 4 aliphatic carbocycles. The van der Waals surface area contributed by atoms with Gasteiger partial charge < -0.3 is 4.98 Å². The van der Waals surface area contributed by atoms with Crippen molar-refractivity contribution >= 4 is 10.9 Å². The second kappa shape index (κ2) is 3.65. The Hall–Kier alpha value is -1.24. The van der Waals surface area contributed by atoms with Gasteiger partial charge in [-0.3, -0.25) is 0 Å². The number of aromatic nitrogens is 1. The molecular weight excluding hydrogens is 230 g/mol. The Bertz CT molecular complexity index is 562. The van der Waals surface area contributed by atoms with Gasteiger partial charge >= 0.3 is 0 Å². The summed E-state index contributed by atoms with van der Waals surface area (Å²) in [5, 5.41) is 1.39. The number of para-hydroxylation sites is 1. The van der Waals surface area contributed by atoms with Crippen LogP contribution in [-0.2, 0) is 0 Å². The molecule has 1 heteroatoms. The van der Waals surface area contributed by atoms with Crippen molar-refractivity contribution in [3.63, 3.8) is 0 Å². The third kappa shape index (κ3) is 1.47. The Kier molecular flexibility index (Phi) is 2.03. The molecule has 0 unspecified atom stereocenters. The smallest absolute Gasteiger partial charge is 0.0456 e. The van der Waals surface area contributed by atoms with Crippen molar-refractivity contribution in [1.82, 2.24) is 4.98 Å². The molecule has 1 aromatic heterocycles. The summed E-state index contributed by atoms with van der Waals surface area (Å²) in [5.41, 5.74) is 2.86. The Morgan fingerprint density at radius 3 is 2.21 bits per heavy atom. The fraction of sp³-hybridized carbons (Fsp3) is 0.556. The van der Waals surface area contributed by atoms with Crippen molar-refractivity contribution in [3.8, 4) is 0 Å². The van der Waals surface area contributed by atoms with Crippen molar-refractivity contribution in [3.05, 3.63) is 36.0 Å². The summed E-state index contributed by atoms with van der Waals surface area (Å²) in [6.45, 7) is 0. The molecule has 4 fully saturated rings. The largest absolute Gasteiger partial charge is 0.358 e. The number of benzene rings is 1. The third-order valence-electron chi connectivity index (χ3n) is 6.14. The Balaban J connectivity index is 1.58. The van der Waals surface area contributed by atoms with Crippen molar-refractivity contribution in [2.45, 2.75) is 38.0 Å². The molecule has 1 heterocycles. The zero-order chi connectivity index (χ0) is 12.4. The van der Waals surface area contributed by atoms with Gasteiger partial charge in [-0.1, -0.05) is 18.2 Å². The SMILES string of the molecule is c1ccc2[nH]c(C3C4CC5CC(C4)CC3C5)cc2c1. The van der Waals surface area contributed by atoms with E-state index in [1.165, 1.54) is 42.3 Å². The van der Waals surface area contributed by atoms with Crippen LogP contribution in [0.5, 0.6) is 0 Å². The van der Waals surface area contributed by atoms with E-state index in [1.807, 2.05) is 0 Å². The molecule has 98 valence electrons. The van der Waals surface area contributed by atoms with Crippen LogP contribution in [0.4, 0.5) is 0 Å². The monoisotopic (exact) mass is 251 g/mol. The molecule has 4 saturated carbocycles. The number of hydrogen-bond acceptors (Lipinski definition) is 0. The van der Waals surface area contributed by atoms with Crippen LogP contribution in [0.25, 0.3) is 10.9 Å². The topological polar surface area (TPSA) is 15.8 Å². The molecule has 4 aliphatic rings. The fourth-order valence-corrected chi connectivity index (χ4v) is 5.71. The standard InChI is InChI=1S/C18H21N/c1-2-4-16-13(3-1)10-17(19-16)18-14-6-11-5-12(8-14)9-15(18)7-11/h1-4,10-12,14-15,18-19H,5-9H2. The molecule has 0 saturated heterocycles. The molecule has 0 atom stereocenters. The summed E-state index contributed by atoms with van der Waals surface area (Å²) in [4.78, 5) is 3.72. The summed E-state index contributed by atoms with van der Waals surface area (Å²) in [6.07, 6.45) is 7.58. The second-order valence-electron chi connectivity index (χ2n) is 7.27. The van der Waals surface area contributed by atoms with Gasteiger partial charge in [0.25, 0.3) is 0 Å². The first-order chi connectivity index (χ1) is 9.37. The van der Waals surface area contributed by atoms with Gasteiger partial charge in [0.2, 0.25) is 0 Å². The predicted molar refractivity (Wildman–Crippen MR) is 78.1 cm³/mol. The van der Waals surface area contributed by atoms with Gasteiger partial charge in [0.15, 0.2) is 0 Å². The first kappa shape index (κ1) is 10.5. The highest BCUT2D eigenvalue weighted by Gasteiger charge is 2.48. The summed E-state index contributed by atoms with van der Waals surface area (Å²) in [7, 11) is 0. The molecule has 2 aromatic rings. The lowest BCUT2D eigenvalue weighted by Gasteiger charge is -2.54. The maximum absolute atomic E-state index is 3.72. The van der Waals surface area contributed by atoms with Gasteiger partial charge in [0.1, 0.15) is 0 Å². The van der Waals surface area contributed by atoms with Crippen LogP contribution < -0.4 is 0 Å². The van der Waals surface area contributed by atoms with Crippen LogP contribution >= 0.6 is 0 Å². The van der Waals surface area contributed by atoms with E-state index >= 15 is 0 Å². The summed E-state index contributed by atoms with van der Waals surface area (Å²) in [5.74, 6) is 4.93. The van der Waals surface area contributed by atoms with E-state index in [0.29, 0.717) is 0 Å². The zero-order valence-corrected chi connectivity index (χ0v) is 11.3. The average molecular weight is 251 g/mol. The van der Waals surface area contributed by atoms with Crippen molar-refractivity contribution in [2.24, 2.45) is 23.7 Å². The number of nitrogens with one attached hydrogen (secondary N) is 1. The van der Waals surface area contributed by atoms with E-state index in [0.717, 1.165) is 29.6 Å². The quantitative estimate of drug-likeness (QED) is 0.755. The van der Waals surface area contributed by atoms with Gasteiger partial charge in [-0.25, -0.2) is 0 Å². The van der Waals surface area contributed by atoms with Gasteiger partial charge in [-0.15, -0.1) is 0 Å². The summed E-state index contributed by atoms with van der Waals surface area (Å²) >= 11 is 0. The first-order valence-electron chi connectivity index (χ1n) is 7.94. The maximum Gasteiger partial charge on any atom is 0.0456 e. The molecule has 0 amide bonds. The van der Waals surface area contributed by atoms with Crippen LogP contribution in [-0.4, -0.2) is 4.98 Å². The second-order valence-corrected chi connectivity index (χ2v) is 7.27. The maximum atomic E-state index is 3.72. The van der Waals surface area contributed by atoms with Gasteiger partial charge in [0.05, 0.1) is 0 Å². The van der Waals surface area contributed by atoms with Gasteiger partial charge in [0, 0.05) is 17.1 Å². The summed E-state index contributed by atoms with van der Waals surface area (Å²) < 4.78 is 0. The number of fused-ring (bicyclic) bond motifs is 1. The van der Waals surface area contributed by atoms with E-state index in [2.05, 4.69) is 35.3 Å². The Morgan fingerprint density at radius 2 is 1.53 bits per heavy atom. The van der Waals surface area contributed by atoms with Crippen LogP contribution in [0.2, 0.25) is 0 Å². The van der Waals surface area contributed by atoms with E-state index in [-0.39, 0.29) is 0 Å². The highest BCUT2D eigenvalue weighted by molar-refractivity contribution is 5.80. The van der Waals surface area contributed by atoms with E-state index < -0.39 is 0 Å². The zero-order valence-electron chi connectivity index (χ0n) is 11.3. The molecule has 1 N–H and O–H groups in total. The van der Waals surface area contributed by atoms with Crippen molar-refractivity contribution in [2.75, 3.05) is 0 Å². The molecule has 4 bridgehead atoms. The first-order valence-corrected chi connectivity index (χ1v) is 7.94. The van der Waals surface area contributed by atoms with Crippen LogP contribution in [0, 0.1) is 23.7 Å². The lowest BCUT2D eigenvalue weighted by Crippen LogP contribution is -2.43. The minimum Gasteiger partial charge on any atom is -0.358 e. The number of rotatable bonds is 1. The molecule has 1 nitrogen and oxygen atoms in total. The van der Waals surface area contributed by atoms with Gasteiger partial charge in [-0.2, -0.15) is 0 Å². The molecule has 0 spiro atoms. The fourth-order valence-electron chi connectivity index (χ4n) is 5.71. The Labute approximate surface area is 114 Å². The average Bonchev–Trinajstić information content (AvgIpc) is 2.80. The van der Waals surface area contributed by atoms with E-state index in [4.69, 9.17) is 0 Å². The number of aromatic amines is 1. The van der Waals surface area contributed by atoms with Crippen LogP contribution in [0.1, 0.15) is 43.7 Å². The normalized spacial score (nSPS) is 40.1. The summed E-state index contributed by atoms with van der Waals surface area (Å²) in [6, 6.07) is 11.2. The molecule has 19 heavy (non-hydrogen) atoms. The highest BCUT2D eigenvalue weighted by Crippen LogP contribution is 2.59. The highest BCUT2D eigenvalue weighted by atomic mass is 14.7. The predicted octanol–water partition coefficient (Wildman–Crippen LogP) is 4.71. The minimum absolute atomic E-state index is 0.834. The Morgan fingerprint density at radius 1 is 0.842 bits per heavy atom.